The highest BCUT2D eigenvalue weighted by Gasteiger charge is 2.31. The average Bonchev–Trinajstić information content (AvgIpc) is 2.47. The molecule has 0 aliphatic carbocycles. The van der Waals surface area contributed by atoms with Crippen LogP contribution in [0, 0.1) is 0 Å². The van der Waals surface area contributed by atoms with Gasteiger partial charge >= 0.3 is 0 Å². The monoisotopic (exact) mass is 300 g/mol. The van der Waals surface area contributed by atoms with Crippen LogP contribution in [0.3, 0.4) is 0 Å². The van der Waals surface area contributed by atoms with Crippen LogP contribution in [-0.4, -0.2) is 57.9 Å². The largest absolute Gasteiger partial charge is 0.497 e. The lowest BCUT2D eigenvalue weighted by Crippen LogP contribution is -2.47. The molecular weight excluding hydrogens is 280 g/mol. The fraction of sp³-hybridized carbons (Fsp3) is 0.538. The van der Waals surface area contributed by atoms with Crippen LogP contribution in [-0.2, 0) is 14.9 Å². The van der Waals surface area contributed by atoms with Gasteiger partial charge < -0.3 is 9.47 Å². The molecule has 6 nitrogen and oxygen atoms in total. The van der Waals surface area contributed by atoms with Gasteiger partial charge in [-0.2, -0.15) is 17.0 Å². The summed E-state index contributed by atoms with van der Waals surface area (Å²) in [6.07, 6.45) is -0.246. The summed E-state index contributed by atoms with van der Waals surface area (Å²) in [5.41, 5.74) is 0.949. The predicted molar refractivity (Wildman–Crippen MR) is 75.9 cm³/mol. The predicted octanol–water partition coefficient (Wildman–Crippen LogP) is 0.875. The number of hydrogen-bond donors (Lipinski definition) is 0. The Morgan fingerprint density at radius 1 is 1.30 bits per heavy atom. The highest BCUT2D eigenvalue weighted by Crippen LogP contribution is 2.25. The van der Waals surface area contributed by atoms with Crippen LogP contribution in [0.5, 0.6) is 5.75 Å². The van der Waals surface area contributed by atoms with Crippen molar-refractivity contribution in [2.24, 2.45) is 0 Å². The molecule has 0 amide bonds. The normalized spacial score (nSPS) is 21.1. The van der Waals surface area contributed by atoms with Gasteiger partial charge in [0.25, 0.3) is 10.2 Å². The minimum Gasteiger partial charge on any atom is -0.497 e. The third-order valence-electron chi connectivity index (χ3n) is 3.30. The SMILES string of the molecule is COc1ccc(C2CN(S(=O)(=O)N(C)C)CCO2)cc1. The molecule has 112 valence electrons. The smallest absolute Gasteiger partial charge is 0.281 e. The summed E-state index contributed by atoms with van der Waals surface area (Å²) in [5, 5.41) is 0. The molecule has 1 aromatic carbocycles. The van der Waals surface area contributed by atoms with E-state index >= 15 is 0 Å². The lowest BCUT2D eigenvalue weighted by molar-refractivity contribution is -0.00388. The van der Waals surface area contributed by atoms with Crippen molar-refractivity contribution in [3.05, 3.63) is 29.8 Å². The first-order valence-electron chi connectivity index (χ1n) is 6.38. The van der Waals surface area contributed by atoms with Crippen LogP contribution in [0.25, 0.3) is 0 Å². The van der Waals surface area contributed by atoms with Crippen LogP contribution in [0.2, 0.25) is 0 Å². The van der Waals surface area contributed by atoms with E-state index in [1.165, 1.54) is 22.7 Å². The first-order valence-corrected chi connectivity index (χ1v) is 7.78. The molecule has 1 saturated heterocycles. The lowest BCUT2D eigenvalue weighted by atomic mass is 10.1. The Hall–Kier alpha value is -1.15. The molecule has 1 unspecified atom stereocenters. The van der Waals surface area contributed by atoms with Gasteiger partial charge in [-0.1, -0.05) is 12.1 Å². The molecule has 7 heteroatoms. The van der Waals surface area contributed by atoms with Gasteiger partial charge in [0.15, 0.2) is 0 Å². The molecule has 0 spiro atoms. The Morgan fingerprint density at radius 2 is 1.95 bits per heavy atom. The van der Waals surface area contributed by atoms with Crippen molar-refractivity contribution in [2.45, 2.75) is 6.10 Å². The second-order valence-corrected chi connectivity index (χ2v) is 6.92. The fourth-order valence-corrected chi connectivity index (χ4v) is 3.18. The van der Waals surface area contributed by atoms with Crippen molar-refractivity contribution in [3.8, 4) is 5.75 Å². The molecule has 1 atom stereocenters. The highest BCUT2D eigenvalue weighted by atomic mass is 32.2. The number of nitrogens with zero attached hydrogens (tertiary/aromatic N) is 2. The van der Waals surface area contributed by atoms with E-state index in [1.54, 1.807) is 7.11 Å². The van der Waals surface area contributed by atoms with Gasteiger partial charge in [0, 0.05) is 27.2 Å². The first kappa shape index (κ1) is 15.2. The van der Waals surface area contributed by atoms with E-state index in [0.717, 1.165) is 11.3 Å². The number of benzene rings is 1. The number of morpholine rings is 1. The van der Waals surface area contributed by atoms with Crippen LogP contribution in [0.4, 0.5) is 0 Å². The van der Waals surface area contributed by atoms with Crippen LogP contribution >= 0.6 is 0 Å². The number of hydrogen-bond acceptors (Lipinski definition) is 4. The van der Waals surface area contributed by atoms with Gasteiger partial charge in [0.2, 0.25) is 0 Å². The Kier molecular flexibility index (Phi) is 4.64. The molecule has 20 heavy (non-hydrogen) atoms. The van der Waals surface area contributed by atoms with E-state index in [4.69, 9.17) is 9.47 Å². The van der Waals surface area contributed by atoms with Crippen molar-refractivity contribution >= 4 is 10.2 Å². The number of rotatable bonds is 4. The Labute approximate surface area is 120 Å². The number of methoxy groups -OCH3 is 1. The van der Waals surface area contributed by atoms with Crippen molar-refractivity contribution < 1.29 is 17.9 Å². The van der Waals surface area contributed by atoms with E-state index in [1.807, 2.05) is 24.3 Å². The van der Waals surface area contributed by atoms with E-state index in [-0.39, 0.29) is 6.10 Å². The van der Waals surface area contributed by atoms with Crippen LogP contribution < -0.4 is 4.74 Å². The molecule has 1 aromatic rings. The molecule has 1 aliphatic heterocycles. The molecule has 2 rings (SSSR count). The van der Waals surface area contributed by atoms with Crippen molar-refractivity contribution in [2.75, 3.05) is 40.9 Å². The maximum atomic E-state index is 12.1. The standard InChI is InChI=1S/C13H20N2O4S/c1-14(2)20(16,17)15-8-9-19-13(10-15)11-4-6-12(18-3)7-5-11/h4-7,13H,8-10H2,1-3H3. The van der Waals surface area contributed by atoms with Gasteiger partial charge in [-0.05, 0) is 17.7 Å². The second kappa shape index (κ2) is 6.09. The van der Waals surface area contributed by atoms with Crippen LogP contribution in [0.1, 0.15) is 11.7 Å². The van der Waals surface area contributed by atoms with E-state index in [2.05, 4.69) is 0 Å². The molecule has 0 bridgehead atoms. The van der Waals surface area contributed by atoms with Gasteiger partial charge in [-0.3, -0.25) is 0 Å². The van der Waals surface area contributed by atoms with E-state index in [0.29, 0.717) is 19.7 Å². The molecule has 1 aliphatic rings. The zero-order valence-electron chi connectivity index (χ0n) is 11.9. The topological polar surface area (TPSA) is 59.1 Å². The maximum Gasteiger partial charge on any atom is 0.281 e. The molecule has 1 fully saturated rings. The van der Waals surface area contributed by atoms with Gasteiger partial charge in [0.05, 0.1) is 19.8 Å². The van der Waals surface area contributed by atoms with Crippen molar-refractivity contribution in [1.29, 1.82) is 0 Å². The molecular formula is C13H20N2O4S. The molecule has 1 heterocycles. The van der Waals surface area contributed by atoms with Crippen molar-refractivity contribution in [1.82, 2.24) is 8.61 Å². The molecule has 0 saturated carbocycles. The lowest BCUT2D eigenvalue weighted by Gasteiger charge is -2.33. The Morgan fingerprint density at radius 3 is 2.50 bits per heavy atom. The maximum absolute atomic E-state index is 12.1. The highest BCUT2D eigenvalue weighted by molar-refractivity contribution is 7.86. The summed E-state index contributed by atoms with van der Waals surface area (Å²) in [5.74, 6) is 0.766. The summed E-state index contributed by atoms with van der Waals surface area (Å²) in [6.45, 7) is 1.10. The minimum absolute atomic E-state index is 0.246. The average molecular weight is 300 g/mol. The summed E-state index contributed by atoms with van der Waals surface area (Å²) >= 11 is 0. The fourth-order valence-electron chi connectivity index (χ4n) is 2.09. The van der Waals surface area contributed by atoms with E-state index in [9.17, 15) is 8.42 Å². The van der Waals surface area contributed by atoms with Gasteiger partial charge in [0.1, 0.15) is 5.75 Å². The molecule has 0 N–H and O–H groups in total. The van der Waals surface area contributed by atoms with Gasteiger partial charge in [-0.15, -0.1) is 0 Å². The third-order valence-corrected chi connectivity index (χ3v) is 5.21. The van der Waals surface area contributed by atoms with Crippen molar-refractivity contribution in [3.63, 3.8) is 0 Å². The minimum atomic E-state index is -3.39. The second-order valence-electron chi connectivity index (χ2n) is 4.78. The summed E-state index contributed by atoms with van der Waals surface area (Å²) in [4.78, 5) is 0. The Bertz CT molecular complexity index is 542. The summed E-state index contributed by atoms with van der Waals surface area (Å²) < 4.78 is 37.7. The quantitative estimate of drug-likeness (QED) is 0.828. The van der Waals surface area contributed by atoms with E-state index < -0.39 is 10.2 Å². The summed E-state index contributed by atoms with van der Waals surface area (Å²) in [7, 11) is 1.29. The first-order chi connectivity index (χ1) is 9.45. The summed E-state index contributed by atoms with van der Waals surface area (Å²) in [6, 6.07) is 7.49. The van der Waals surface area contributed by atoms with Gasteiger partial charge in [-0.25, -0.2) is 0 Å². The molecule has 0 aromatic heterocycles. The zero-order chi connectivity index (χ0) is 14.8. The third kappa shape index (κ3) is 3.12. The molecule has 0 radical (unpaired) electrons. The Balaban J connectivity index is 2.14. The number of ether oxygens (including phenoxy) is 2. The zero-order valence-corrected chi connectivity index (χ0v) is 12.8. The van der Waals surface area contributed by atoms with Crippen LogP contribution in [0.15, 0.2) is 24.3 Å².